The van der Waals surface area contributed by atoms with Crippen LogP contribution in [0.3, 0.4) is 0 Å². The van der Waals surface area contributed by atoms with Gasteiger partial charge in [0.25, 0.3) is 0 Å². The van der Waals surface area contributed by atoms with E-state index in [0.717, 1.165) is 5.56 Å². The molecule has 4 nitrogen and oxygen atoms in total. The number of aliphatic imine (C=N–C) groups is 1. The van der Waals surface area contributed by atoms with Gasteiger partial charge in [0.05, 0.1) is 10.6 Å². The molecule has 0 saturated heterocycles. The van der Waals surface area contributed by atoms with E-state index in [2.05, 4.69) is 4.99 Å². The monoisotopic (exact) mass is 266 g/mol. The molecular formula is C11H10N2O2S2. The van der Waals surface area contributed by atoms with Crippen LogP contribution in [0, 0.1) is 0 Å². The molecule has 0 amide bonds. The van der Waals surface area contributed by atoms with E-state index in [1.165, 1.54) is 12.1 Å². The molecule has 17 heavy (non-hydrogen) atoms. The minimum Gasteiger partial charge on any atom is -0.256 e. The Kier molecular flexibility index (Phi) is 3.37. The second-order valence-corrected chi connectivity index (χ2v) is 5.70. The zero-order valence-electron chi connectivity index (χ0n) is 8.78. The number of nitrogens with zero attached hydrogens (tertiary/aromatic N) is 1. The maximum Gasteiger partial charge on any atom is 0.238 e. The summed E-state index contributed by atoms with van der Waals surface area (Å²) in [4.78, 5) is 4.31. The van der Waals surface area contributed by atoms with Crippen molar-refractivity contribution in [1.82, 2.24) is 0 Å². The summed E-state index contributed by atoms with van der Waals surface area (Å²) in [6, 6.07) is 8.06. The van der Waals surface area contributed by atoms with Gasteiger partial charge in [-0.3, -0.25) is 4.99 Å². The van der Waals surface area contributed by atoms with E-state index in [1.54, 1.807) is 29.7 Å². The van der Waals surface area contributed by atoms with Crippen LogP contribution in [-0.2, 0) is 10.0 Å². The van der Waals surface area contributed by atoms with Crippen LogP contribution in [0.25, 0.3) is 0 Å². The van der Waals surface area contributed by atoms with E-state index in [9.17, 15) is 8.42 Å². The Morgan fingerprint density at radius 3 is 2.41 bits per heavy atom. The lowest BCUT2D eigenvalue weighted by atomic mass is 10.3. The SMILES string of the molecule is NS(=O)(=O)c1ccc(N=Cc2ccsc2)cc1. The van der Waals surface area contributed by atoms with Gasteiger partial charge in [-0.25, -0.2) is 13.6 Å². The molecule has 0 atom stereocenters. The molecule has 1 aromatic carbocycles. The van der Waals surface area contributed by atoms with Crippen molar-refractivity contribution in [3.8, 4) is 0 Å². The van der Waals surface area contributed by atoms with Crippen molar-refractivity contribution in [1.29, 1.82) is 0 Å². The third kappa shape index (κ3) is 3.23. The molecule has 0 aliphatic rings. The Hall–Kier alpha value is -1.50. The normalized spacial score (nSPS) is 12.1. The highest BCUT2D eigenvalue weighted by Gasteiger charge is 2.05. The Labute approximate surface area is 103 Å². The van der Waals surface area contributed by atoms with Crippen LogP contribution in [0.15, 0.2) is 51.0 Å². The number of hydrogen-bond donors (Lipinski definition) is 1. The first-order valence-electron chi connectivity index (χ1n) is 4.75. The van der Waals surface area contributed by atoms with E-state index in [1.807, 2.05) is 16.8 Å². The maximum atomic E-state index is 11.0. The van der Waals surface area contributed by atoms with Crippen LogP contribution < -0.4 is 5.14 Å². The maximum absolute atomic E-state index is 11.0. The molecule has 2 rings (SSSR count). The molecule has 88 valence electrons. The molecule has 0 aliphatic carbocycles. The van der Waals surface area contributed by atoms with Gasteiger partial charge >= 0.3 is 0 Å². The van der Waals surface area contributed by atoms with Crippen molar-refractivity contribution in [3.63, 3.8) is 0 Å². The van der Waals surface area contributed by atoms with Gasteiger partial charge in [-0.05, 0) is 41.1 Å². The van der Waals surface area contributed by atoms with E-state index < -0.39 is 10.0 Å². The van der Waals surface area contributed by atoms with Gasteiger partial charge in [0.15, 0.2) is 0 Å². The van der Waals surface area contributed by atoms with Crippen LogP contribution in [0.5, 0.6) is 0 Å². The fourth-order valence-corrected chi connectivity index (χ4v) is 2.35. The van der Waals surface area contributed by atoms with Gasteiger partial charge in [0.2, 0.25) is 10.0 Å². The Balaban J connectivity index is 2.19. The quantitative estimate of drug-likeness (QED) is 0.864. The predicted molar refractivity (Wildman–Crippen MR) is 69.4 cm³/mol. The summed E-state index contributed by atoms with van der Waals surface area (Å²) in [5, 5.41) is 8.93. The summed E-state index contributed by atoms with van der Waals surface area (Å²) in [6.07, 6.45) is 1.72. The van der Waals surface area contributed by atoms with Crippen molar-refractivity contribution >= 4 is 33.3 Å². The fraction of sp³-hybridized carbons (Fsp3) is 0. The Bertz CT molecular complexity index is 614. The minimum atomic E-state index is -3.63. The molecule has 0 aliphatic heterocycles. The Morgan fingerprint density at radius 2 is 1.88 bits per heavy atom. The van der Waals surface area contributed by atoms with Gasteiger partial charge in [0, 0.05) is 11.8 Å². The molecule has 0 spiro atoms. The summed E-state index contributed by atoms with van der Waals surface area (Å²) in [6.45, 7) is 0. The van der Waals surface area contributed by atoms with Crippen LogP contribution in [0.2, 0.25) is 0 Å². The van der Waals surface area contributed by atoms with Gasteiger partial charge in [-0.1, -0.05) is 0 Å². The van der Waals surface area contributed by atoms with Crippen molar-refractivity contribution in [2.75, 3.05) is 0 Å². The summed E-state index contributed by atoms with van der Waals surface area (Å²) < 4.78 is 22.1. The van der Waals surface area contributed by atoms with E-state index >= 15 is 0 Å². The van der Waals surface area contributed by atoms with Crippen LogP contribution in [0.4, 0.5) is 5.69 Å². The van der Waals surface area contributed by atoms with Crippen LogP contribution in [-0.4, -0.2) is 14.6 Å². The summed E-state index contributed by atoms with van der Waals surface area (Å²) in [5.41, 5.74) is 1.70. The summed E-state index contributed by atoms with van der Waals surface area (Å²) in [5.74, 6) is 0. The molecular weight excluding hydrogens is 256 g/mol. The molecule has 1 aromatic heterocycles. The first-order chi connectivity index (χ1) is 8.05. The lowest BCUT2D eigenvalue weighted by Crippen LogP contribution is -2.11. The van der Waals surface area contributed by atoms with Crippen LogP contribution >= 0.6 is 11.3 Å². The van der Waals surface area contributed by atoms with Gasteiger partial charge in [-0.15, -0.1) is 0 Å². The van der Waals surface area contributed by atoms with E-state index in [-0.39, 0.29) is 4.90 Å². The zero-order valence-corrected chi connectivity index (χ0v) is 10.4. The summed E-state index contributed by atoms with van der Waals surface area (Å²) in [7, 11) is -3.63. The first-order valence-corrected chi connectivity index (χ1v) is 7.24. The standard InChI is InChI=1S/C11H10N2O2S2/c12-17(14,15)11-3-1-10(2-4-11)13-7-9-5-6-16-8-9/h1-8H,(H2,12,14,15). The largest absolute Gasteiger partial charge is 0.256 e. The number of hydrogen-bond acceptors (Lipinski definition) is 4. The molecule has 6 heteroatoms. The highest BCUT2D eigenvalue weighted by Crippen LogP contribution is 2.15. The molecule has 0 fully saturated rings. The molecule has 0 bridgehead atoms. The number of nitrogens with two attached hydrogens (primary N) is 1. The highest BCUT2D eigenvalue weighted by atomic mass is 32.2. The Morgan fingerprint density at radius 1 is 1.18 bits per heavy atom. The molecule has 2 N–H and O–H groups in total. The third-order valence-corrected chi connectivity index (χ3v) is 3.70. The molecule has 0 radical (unpaired) electrons. The number of benzene rings is 1. The van der Waals surface area contributed by atoms with Crippen molar-refractivity contribution in [2.24, 2.45) is 10.1 Å². The molecule has 1 heterocycles. The highest BCUT2D eigenvalue weighted by molar-refractivity contribution is 7.89. The lowest BCUT2D eigenvalue weighted by molar-refractivity contribution is 0.598. The minimum absolute atomic E-state index is 0.0898. The van der Waals surface area contributed by atoms with Crippen molar-refractivity contribution < 1.29 is 8.42 Å². The average molecular weight is 266 g/mol. The predicted octanol–water partition coefficient (Wildman–Crippen LogP) is 2.15. The van der Waals surface area contributed by atoms with Gasteiger partial charge in [0.1, 0.15) is 0 Å². The van der Waals surface area contributed by atoms with Gasteiger partial charge < -0.3 is 0 Å². The second kappa shape index (κ2) is 4.79. The van der Waals surface area contributed by atoms with Crippen LogP contribution in [0.1, 0.15) is 5.56 Å². The number of sulfonamides is 1. The summed E-state index contributed by atoms with van der Waals surface area (Å²) >= 11 is 1.59. The smallest absolute Gasteiger partial charge is 0.238 e. The second-order valence-electron chi connectivity index (χ2n) is 3.35. The average Bonchev–Trinajstić information content (AvgIpc) is 2.78. The number of primary sulfonamides is 1. The number of thiophene rings is 1. The van der Waals surface area contributed by atoms with Crippen molar-refractivity contribution in [2.45, 2.75) is 4.90 Å². The first kappa shape index (κ1) is 12.0. The topological polar surface area (TPSA) is 72.5 Å². The van der Waals surface area contributed by atoms with E-state index in [4.69, 9.17) is 5.14 Å². The molecule has 2 aromatic rings. The third-order valence-electron chi connectivity index (χ3n) is 2.07. The molecule has 0 saturated carbocycles. The zero-order chi connectivity index (χ0) is 12.3. The molecule has 0 unspecified atom stereocenters. The van der Waals surface area contributed by atoms with Crippen molar-refractivity contribution in [3.05, 3.63) is 46.7 Å². The van der Waals surface area contributed by atoms with Gasteiger partial charge in [-0.2, -0.15) is 11.3 Å². The lowest BCUT2D eigenvalue weighted by Gasteiger charge is -1.97. The number of rotatable bonds is 3. The van der Waals surface area contributed by atoms with E-state index in [0.29, 0.717) is 5.69 Å². The fourth-order valence-electron chi connectivity index (χ4n) is 1.22.